The fraction of sp³-hybridized carbons (Fsp3) is 0.917. The van der Waals surface area contributed by atoms with Crippen LogP contribution in [0.15, 0.2) is 12.2 Å². The third-order valence-corrected chi connectivity index (χ3v) is 7.80. The van der Waals surface area contributed by atoms with Crippen molar-refractivity contribution in [1.82, 2.24) is 0 Å². The molecule has 0 radical (unpaired) electrons. The van der Waals surface area contributed by atoms with Gasteiger partial charge in [-0.2, -0.15) is 0 Å². The minimum atomic E-state index is -2.42. The summed E-state index contributed by atoms with van der Waals surface area (Å²) in [4.78, 5) is 12.0. The van der Waals surface area contributed by atoms with Crippen LogP contribution in [0, 0.1) is 0 Å². The molecule has 0 fully saturated rings. The molecular weight excluding hydrogens is 365 g/mol. The van der Waals surface area contributed by atoms with Gasteiger partial charge in [0.25, 0.3) is 5.28 Å². The number of quaternary nitrogens is 1. The van der Waals surface area contributed by atoms with E-state index in [1.807, 2.05) is 21.1 Å². The van der Waals surface area contributed by atoms with Crippen molar-refractivity contribution in [3.8, 4) is 0 Å². The standard InChI is InChI=1S/C24H49NO2P/c1-6-8-9-10-11-12-13-14-15-16-17-18-19-20-21-23-24(22-7-2,28(26)27)25(3,4)5/h15-16H,6-14,17-23H2,1-5H3/q+1. The van der Waals surface area contributed by atoms with Gasteiger partial charge in [0.1, 0.15) is 0 Å². The molecule has 0 aliphatic carbocycles. The van der Waals surface area contributed by atoms with Crippen LogP contribution in [0.4, 0.5) is 0 Å². The van der Waals surface area contributed by atoms with Crippen molar-refractivity contribution in [2.45, 2.75) is 122 Å². The summed E-state index contributed by atoms with van der Waals surface area (Å²) in [6.07, 6.45) is 23.8. The lowest BCUT2D eigenvalue weighted by molar-refractivity contribution is -0.910. The fourth-order valence-corrected chi connectivity index (χ4v) is 5.34. The molecule has 0 heterocycles. The van der Waals surface area contributed by atoms with Gasteiger partial charge in [-0.1, -0.05) is 81.9 Å². The highest BCUT2D eigenvalue weighted by molar-refractivity contribution is 7.38. The van der Waals surface area contributed by atoms with E-state index in [1.165, 1.54) is 70.6 Å². The Morgan fingerprint density at radius 2 is 1.18 bits per heavy atom. The predicted octanol–water partition coefficient (Wildman–Crippen LogP) is 7.33. The zero-order chi connectivity index (χ0) is 21.3. The third-order valence-electron chi connectivity index (χ3n) is 6.08. The number of unbranched alkanes of at least 4 members (excludes halogenated alkanes) is 11. The van der Waals surface area contributed by atoms with E-state index in [2.05, 4.69) is 26.0 Å². The molecule has 0 aliphatic rings. The Labute approximate surface area is 177 Å². The molecule has 0 saturated carbocycles. The molecule has 0 rings (SSSR count). The van der Waals surface area contributed by atoms with Gasteiger partial charge >= 0.3 is 8.03 Å². The molecule has 3 nitrogen and oxygen atoms in total. The Morgan fingerprint density at radius 1 is 0.714 bits per heavy atom. The molecule has 0 N–H and O–H groups in total. The molecule has 0 spiro atoms. The van der Waals surface area contributed by atoms with Gasteiger partial charge in [-0.05, 0) is 38.5 Å². The Bertz CT molecular complexity index is 417. The molecule has 0 aromatic carbocycles. The van der Waals surface area contributed by atoms with Crippen LogP contribution in [0.3, 0.4) is 0 Å². The Kier molecular flexibility index (Phi) is 16.4. The second-order valence-electron chi connectivity index (χ2n) is 9.34. The lowest BCUT2D eigenvalue weighted by atomic mass is 9.99. The first-order chi connectivity index (χ1) is 13.3. The maximum Gasteiger partial charge on any atom is 0.376 e. The largest absolute Gasteiger partial charge is 0.590 e. The van der Waals surface area contributed by atoms with E-state index in [-0.39, 0.29) is 0 Å². The van der Waals surface area contributed by atoms with E-state index in [0.29, 0.717) is 4.48 Å². The maximum atomic E-state index is 12.0. The number of hydrogen-bond acceptors (Lipinski definition) is 2. The fourth-order valence-electron chi connectivity index (χ4n) is 4.10. The zero-order valence-electron chi connectivity index (χ0n) is 19.7. The number of allylic oxidation sites excluding steroid dienone is 2. The smallest absolute Gasteiger partial charge is 0.376 e. The number of nitrogens with zero attached hydrogens (tertiary/aromatic N) is 1. The summed E-state index contributed by atoms with van der Waals surface area (Å²) < 4.78 is 12.6. The van der Waals surface area contributed by atoms with Crippen molar-refractivity contribution in [2.75, 3.05) is 21.1 Å². The van der Waals surface area contributed by atoms with Crippen LogP contribution >= 0.6 is 8.03 Å². The lowest BCUT2D eigenvalue weighted by Gasteiger charge is -2.39. The van der Waals surface area contributed by atoms with E-state index in [9.17, 15) is 9.46 Å². The minimum absolute atomic E-state index is 0.515. The van der Waals surface area contributed by atoms with Crippen LogP contribution in [-0.4, -0.2) is 30.9 Å². The summed E-state index contributed by atoms with van der Waals surface area (Å²) in [5.74, 6) is 0. The maximum absolute atomic E-state index is 12.0. The van der Waals surface area contributed by atoms with E-state index < -0.39 is 13.3 Å². The van der Waals surface area contributed by atoms with Gasteiger partial charge in [-0.3, -0.25) is 4.48 Å². The van der Waals surface area contributed by atoms with Crippen molar-refractivity contribution in [3.63, 3.8) is 0 Å². The molecule has 0 bridgehead atoms. The zero-order valence-corrected chi connectivity index (χ0v) is 20.6. The van der Waals surface area contributed by atoms with Gasteiger partial charge in [0.2, 0.25) is 0 Å². The Morgan fingerprint density at radius 3 is 1.61 bits per heavy atom. The van der Waals surface area contributed by atoms with Gasteiger partial charge in [-0.25, -0.2) is 0 Å². The van der Waals surface area contributed by atoms with Crippen LogP contribution in [0.1, 0.15) is 117 Å². The van der Waals surface area contributed by atoms with Gasteiger partial charge in [0.05, 0.1) is 21.1 Å². The molecule has 0 amide bonds. The lowest BCUT2D eigenvalue weighted by Crippen LogP contribution is -2.55. The monoisotopic (exact) mass is 414 g/mol. The molecule has 0 aromatic heterocycles. The average molecular weight is 415 g/mol. The van der Waals surface area contributed by atoms with E-state index in [1.54, 1.807) is 0 Å². The second-order valence-corrected chi connectivity index (χ2v) is 10.7. The van der Waals surface area contributed by atoms with Crippen LogP contribution < -0.4 is 4.89 Å². The first-order valence-corrected chi connectivity index (χ1v) is 13.1. The second kappa shape index (κ2) is 16.5. The molecule has 4 heteroatoms. The van der Waals surface area contributed by atoms with Crippen LogP contribution in [0.5, 0.6) is 0 Å². The van der Waals surface area contributed by atoms with Crippen molar-refractivity contribution in [2.24, 2.45) is 0 Å². The van der Waals surface area contributed by atoms with E-state index in [4.69, 9.17) is 0 Å². The summed E-state index contributed by atoms with van der Waals surface area (Å²) in [6, 6.07) is 0. The molecule has 0 aliphatic heterocycles. The minimum Gasteiger partial charge on any atom is -0.590 e. The van der Waals surface area contributed by atoms with Crippen molar-refractivity contribution >= 4 is 8.03 Å². The highest BCUT2D eigenvalue weighted by atomic mass is 31.1. The van der Waals surface area contributed by atoms with Gasteiger partial charge in [0.15, 0.2) is 0 Å². The summed E-state index contributed by atoms with van der Waals surface area (Å²) in [5.41, 5.74) is 0. The summed E-state index contributed by atoms with van der Waals surface area (Å²) in [5, 5.41) is -0.597. The number of rotatable bonds is 19. The van der Waals surface area contributed by atoms with E-state index >= 15 is 0 Å². The van der Waals surface area contributed by atoms with Crippen LogP contribution in [0.25, 0.3) is 0 Å². The molecule has 0 aromatic rings. The highest BCUT2D eigenvalue weighted by Crippen LogP contribution is 2.45. The topological polar surface area (TPSA) is 40.1 Å². The van der Waals surface area contributed by atoms with Gasteiger partial charge in [-0.15, -0.1) is 0 Å². The normalized spacial score (nSPS) is 15.1. The highest BCUT2D eigenvalue weighted by Gasteiger charge is 2.53. The SMILES string of the molecule is CCCCCCCCCC=CCCCCCCC(CCC)([P+](=O)[O-])[N+](C)(C)C. The van der Waals surface area contributed by atoms with Crippen molar-refractivity contribution in [3.05, 3.63) is 12.2 Å². The molecule has 28 heavy (non-hydrogen) atoms. The quantitative estimate of drug-likeness (QED) is 0.0960. The summed E-state index contributed by atoms with van der Waals surface area (Å²) in [7, 11) is 3.65. The first kappa shape index (κ1) is 27.8. The first-order valence-electron chi connectivity index (χ1n) is 11.9. The Balaban J connectivity index is 3.83. The van der Waals surface area contributed by atoms with E-state index in [0.717, 1.165) is 32.1 Å². The summed E-state index contributed by atoms with van der Waals surface area (Å²) >= 11 is 0. The van der Waals surface area contributed by atoms with Gasteiger partial charge in [0, 0.05) is 12.8 Å². The van der Waals surface area contributed by atoms with Crippen LogP contribution in [0.2, 0.25) is 0 Å². The predicted molar refractivity (Wildman–Crippen MR) is 123 cm³/mol. The molecule has 166 valence electrons. The molecule has 2 atom stereocenters. The van der Waals surface area contributed by atoms with Gasteiger partial charge < -0.3 is 4.89 Å². The van der Waals surface area contributed by atoms with Crippen molar-refractivity contribution < 1.29 is 13.9 Å². The molecular formula is C24H49NO2P+. The summed E-state index contributed by atoms with van der Waals surface area (Å²) in [6.45, 7) is 4.35. The number of hydrogen-bond donors (Lipinski definition) is 0. The third kappa shape index (κ3) is 11.7. The average Bonchev–Trinajstić information content (AvgIpc) is 2.62. The van der Waals surface area contributed by atoms with Crippen molar-refractivity contribution in [1.29, 1.82) is 0 Å². The molecule has 0 saturated heterocycles. The Hall–Kier alpha value is -0.240. The molecule has 2 unspecified atom stereocenters. The van der Waals surface area contributed by atoms with Crippen LogP contribution in [-0.2, 0) is 4.57 Å².